The zero-order valence-electron chi connectivity index (χ0n) is 8.58. The number of nitrogens with two attached hydrogens (primary N) is 1. The third-order valence-corrected chi connectivity index (χ3v) is 1.91. The lowest BCUT2D eigenvalue weighted by atomic mass is 10.4. The maximum Gasteiger partial charge on any atom is 0.272 e. The van der Waals surface area contributed by atoms with Gasteiger partial charge in [0.05, 0.1) is 19.1 Å². The Morgan fingerprint density at radius 2 is 2.47 bits per heavy atom. The Hall–Kier alpha value is -2.05. The molecule has 0 fully saturated rings. The highest BCUT2D eigenvalue weighted by molar-refractivity contribution is 5.95. The molecule has 1 aromatic heterocycles. The molecule has 0 spiro atoms. The molecule has 1 aromatic rings. The van der Waals surface area contributed by atoms with Gasteiger partial charge >= 0.3 is 0 Å². The summed E-state index contributed by atoms with van der Waals surface area (Å²) in [6.45, 7) is 0.0700. The number of carbonyl (C=O) groups excluding carboxylic acids is 1. The molecule has 0 atom stereocenters. The van der Waals surface area contributed by atoms with Gasteiger partial charge in [-0.3, -0.25) is 4.79 Å². The maximum atomic E-state index is 11.8. The summed E-state index contributed by atoms with van der Waals surface area (Å²) in [6, 6.07) is 0. The van der Waals surface area contributed by atoms with Crippen LogP contribution in [0.5, 0.6) is 0 Å². The summed E-state index contributed by atoms with van der Waals surface area (Å²) in [5.41, 5.74) is 5.73. The van der Waals surface area contributed by atoms with Crippen LogP contribution in [0, 0.1) is 0 Å². The summed E-state index contributed by atoms with van der Waals surface area (Å²) in [5.74, 6) is -0.255. The van der Waals surface area contributed by atoms with Crippen LogP contribution >= 0.6 is 0 Å². The van der Waals surface area contributed by atoms with Gasteiger partial charge in [-0.05, 0) is 0 Å². The first-order chi connectivity index (χ1) is 7.06. The van der Waals surface area contributed by atoms with E-state index in [1.807, 2.05) is 0 Å². The molecule has 0 aromatic carbocycles. The van der Waals surface area contributed by atoms with E-state index in [-0.39, 0.29) is 18.3 Å². The summed E-state index contributed by atoms with van der Waals surface area (Å²) < 4.78 is 1.60. The predicted octanol–water partition coefficient (Wildman–Crippen LogP) is -0.761. The van der Waals surface area contributed by atoms with E-state index >= 15 is 0 Å². The molecule has 0 aliphatic heterocycles. The molecule has 15 heavy (non-hydrogen) atoms. The van der Waals surface area contributed by atoms with Crippen LogP contribution in [0.1, 0.15) is 10.5 Å². The fraction of sp³-hybridized carbons (Fsp3) is 0.375. The molecule has 0 bridgehead atoms. The highest BCUT2D eigenvalue weighted by atomic mass is 16.4. The molecule has 82 valence electrons. The van der Waals surface area contributed by atoms with Crippen molar-refractivity contribution < 1.29 is 10.0 Å². The van der Waals surface area contributed by atoms with Crippen molar-refractivity contribution in [1.82, 2.24) is 14.5 Å². The van der Waals surface area contributed by atoms with E-state index in [4.69, 9.17) is 10.9 Å². The number of amidine groups is 1. The van der Waals surface area contributed by atoms with Gasteiger partial charge in [-0.2, -0.15) is 0 Å². The summed E-state index contributed by atoms with van der Waals surface area (Å²) in [4.78, 5) is 16.9. The molecular formula is C8H13N5O2. The van der Waals surface area contributed by atoms with Crippen molar-refractivity contribution in [2.24, 2.45) is 17.9 Å². The summed E-state index contributed by atoms with van der Waals surface area (Å²) in [7, 11) is 3.28. The Labute approximate surface area is 86.8 Å². The topological polar surface area (TPSA) is 96.7 Å². The second kappa shape index (κ2) is 4.45. The van der Waals surface area contributed by atoms with Crippen molar-refractivity contribution >= 4 is 11.7 Å². The molecule has 0 aliphatic carbocycles. The highest BCUT2D eigenvalue weighted by Gasteiger charge is 2.15. The van der Waals surface area contributed by atoms with Crippen LogP contribution in [0.25, 0.3) is 0 Å². The lowest BCUT2D eigenvalue weighted by molar-refractivity contribution is 0.0804. The monoisotopic (exact) mass is 211 g/mol. The molecule has 0 aliphatic rings. The van der Waals surface area contributed by atoms with Gasteiger partial charge in [-0.1, -0.05) is 5.16 Å². The number of hydrogen-bond donors (Lipinski definition) is 2. The molecule has 0 unspecified atom stereocenters. The van der Waals surface area contributed by atoms with Crippen LogP contribution in [0.3, 0.4) is 0 Å². The van der Waals surface area contributed by atoms with E-state index in [0.29, 0.717) is 5.69 Å². The van der Waals surface area contributed by atoms with E-state index in [1.165, 1.54) is 17.4 Å². The fourth-order valence-corrected chi connectivity index (χ4v) is 1.11. The lowest BCUT2D eigenvalue weighted by Crippen LogP contribution is -2.36. The molecule has 0 saturated carbocycles. The van der Waals surface area contributed by atoms with Gasteiger partial charge in [0.2, 0.25) is 0 Å². The van der Waals surface area contributed by atoms with Crippen molar-refractivity contribution in [3.8, 4) is 0 Å². The SMILES string of the molecule is CN(CC(N)=NO)C(=O)c1cncn1C. The molecule has 1 heterocycles. The average molecular weight is 211 g/mol. The van der Waals surface area contributed by atoms with E-state index in [2.05, 4.69) is 10.1 Å². The maximum absolute atomic E-state index is 11.8. The first kappa shape index (κ1) is 11.0. The molecule has 3 N–H and O–H groups in total. The second-order valence-corrected chi connectivity index (χ2v) is 3.14. The van der Waals surface area contributed by atoms with Crippen LogP contribution < -0.4 is 5.73 Å². The highest BCUT2D eigenvalue weighted by Crippen LogP contribution is 2.00. The number of hydrogen-bond acceptors (Lipinski definition) is 4. The van der Waals surface area contributed by atoms with Crippen molar-refractivity contribution in [1.29, 1.82) is 0 Å². The van der Waals surface area contributed by atoms with Gasteiger partial charge in [-0.25, -0.2) is 4.98 Å². The Morgan fingerprint density at radius 3 is 2.93 bits per heavy atom. The number of imidazole rings is 1. The van der Waals surface area contributed by atoms with Crippen molar-refractivity contribution in [2.75, 3.05) is 13.6 Å². The molecule has 0 saturated heterocycles. The van der Waals surface area contributed by atoms with E-state index in [9.17, 15) is 4.79 Å². The van der Waals surface area contributed by atoms with Gasteiger partial charge in [-0.15, -0.1) is 0 Å². The fourth-order valence-electron chi connectivity index (χ4n) is 1.11. The summed E-state index contributed by atoms with van der Waals surface area (Å²) >= 11 is 0. The second-order valence-electron chi connectivity index (χ2n) is 3.14. The van der Waals surface area contributed by atoms with Gasteiger partial charge in [0.25, 0.3) is 5.91 Å². The lowest BCUT2D eigenvalue weighted by Gasteiger charge is -2.15. The van der Waals surface area contributed by atoms with Gasteiger partial charge in [0.15, 0.2) is 5.84 Å². The first-order valence-corrected chi connectivity index (χ1v) is 4.24. The van der Waals surface area contributed by atoms with Crippen LogP contribution in [-0.4, -0.2) is 45.0 Å². The molecule has 0 radical (unpaired) electrons. The van der Waals surface area contributed by atoms with Gasteiger partial charge in [0.1, 0.15) is 5.69 Å². The van der Waals surface area contributed by atoms with E-state index < -0.39 is 0 Å². The van der Waals surface area contributed by atoms with E-state index in [0.717, 1.165) is 0 Å². The number of aromatic nitrogens is 2. The predicted molar refractivity (Wildman–Crippen MR) is 53.6 cm³/mol. The van der Waals surface area contributed by atoms with Gasteiger partial charge < -0.3 is 20.4 Å². The minimum atomic E-state index is -0.235. The Morgan fingerprint density at radius 1 is 1.80 bits per heavy atom. The third-order valence-electron chi connectivity index (χ3n) is 1.91. The first-order valence-electron chi connectivity index (χ1n) is 4.24. The standard InChI is InChI=1S/C8H13N5O2/c1-12(4-7(9)11-15)8(14)6-3-10-5-13(6)2/h3,5,15H,4H2,1-2H3,(H2,9,11). The average Bonchev–Trinajstić information content (AvgIpc) is 2.63. The zero-order chi connectivity index (χ0) is 11.4. The van der Waals surface area contributed by atoms with Crippen LogP contribution in [-0.2, 0) is 7.05 Å². The van der Waals surface area contributed by atoms with Crippen molar-refractivity contribution in [3.63, 3.8) is 0 Å². The molecule has 7 nitrogen and oxygen atoms in total. The number of oxime groups is 1. The number of carbonyl (C=O) groups is 1. The smallest absolute Gasteiger partial charge is 0.272 e. The van der Waals surface area contributed by atoms with E-state index in [1.54, 1.807) is 18.7 Å². The number of aryl methyl sites for hydroxylation is 1. The Kier molecular flexibility index (Phi) is 3.27. The quantitative estimate of drug-likeness (QED) is 0.297. The molecule has 1 rings (SSSR count). The van der Waals surface area contributed by atoms with Crippen LogP contribution in [0.4, 0.5) is 0 Å². The van der Waals surface area contributed by atoms with Gasteiger partial charge in [0, 0.05) is 14.1 Å². The van der Waals surface area contributed by atoms with Crippen LogP contribution in [0.15, 0.2) is 17.7 Å². The Bertz CT molecular complexity index is 384. The Balaban J connectivity index is 2.74. The van der Waals surface area contributed by atoms with Crippen molar-refractivity contribution in [2.45, 2.75) is 0 Å². The minimum absolute atomic E-state index is 0.0204. The number of amides is 1. The minimum Gasteiger partial charge on any atom is -0.409 e. The normalized spacial score (nSPS) is 11.5. The molecule has 1 amide bonds. The number of nitrogens with zero attached hydrogens (tertiary/aromatic N) is 4. The summed E-state index contributed by atoms with van der Waals surface area (Å²) in [6.07, 6.45) is 3.00. The molecular weight excluding hydrogens is 198 g/mol. The number of rotatable bonds is 3. The molecule has 7 heteroatoms. The third kappa shape index (κ3) is 2.46. The number of likely N-dealkylation sites (N-methyl/N-ethyl adjacent to an activating group) is 1. The largest absolute Gasteiger partial charge is 0.409 e. The zero-order valence-corrected chi connectivity index (χ0v) is 8.58. The summed E-state index contributed by atoms with van der Waals surface area (Å²) in [5, 5.41) is 11.2. The van der Waals surface area contributed by atoms with Crippen molar-refractivity contribution in [3.05, 3.63) is 18.2 Å². The van der Waals surface area contributed by atoms with Crippen LogP contribution in [0.2, 0.25) is 0 Å².